The van der Waals surface area contributed by atoms with Crippen LogP contribution in [0.25, 0.3) is 0 Å². The molecule has 1 amide bonds. The van der Waals surface area contributed by atoms with E-state index in [0.29, 0.717) is 12.8 Å². The van der Waals surface area contributed by atoms with Crippen molar-refractivity contribution >= 4 is 33.2 Å². The third-order valence-electron chi connectivity index (χ3n) is 5.59. The van der Waals surface area contributed by atoms with E-state index in [9.17, 15) is 18.3 Å². The van der Waals surface area contributed by atoms with Gasteiger partial charge in [-0.15, -0.1) is 0 Å². The highest BCUT2D eigenvalue weighted by atomic mass is 35.5. The molecule has 1 aliphatic rings. The van der Waals surface area contributed by atoms with E-state index in [1.54, 1.807) is 43.4 Å². The average Bonchev–Trinajstić information content (AvgIpc) is 2.72. The molecule has 2 aromatic rings. The zero-order valence-electron chi connectivity index (χ0n) is 17.2. The van der Waals surface area contributed by atoms with Gasteiger partial charge in [-0.1, -0.05) is 54.3 Å². The van der Waals surface area contributed by atoms with E-state index in [1.807, 2.05) is 6.92 Å². The molecule has 2 aromatic carbocycles. The summed E-state index contributed by atoms with van der Waals surface area (Å²) in [5, 5.41) is 10.5. The number of benzene rings is 2. The molecule has 0 aliphatic heterocycles. The van der Waals surface area contributed by atoms with Gasteiger partial charge in [-0.25, -0.2) is 8.42 Å². The molecule has 2 unspecified atom stereocenters. The van der Waals surface area contributed by atoms with E-state index in [-0.39, 0.29) is 21.6 Å². The average molecular weight is 451 g/mol. The molecular formula is C22H27ClN2O4S. The smallest absolute Gasteiger partial charge is 0.264 e. The highest BCUT2D eigenvalue weighted by Gasteiger charge is 2.33. The number of aliphatic hydroxyl groups excluding tert-OH is 1. The summed E-state index contributed by atoms with van der Waals surface area (Å²) in [7, 11) is -2.41. The van der Waals surface area contributed by atoms with Crippen molar-refractivity contribution < 1.29 is 18.3 Å². The molecule has 0 radical (unpaired) electrons. The fraction of sp³-hybridized carbons (Fsp3) is 0.409. The number of aryl methyl sites for hydroxylation is 1. The largest absolute Gasteiger partial charge is 0.391 e. The Morgan fingerprint density at radius 3 is 2.37 bits per heavy atom. The van der Waals surface area contributed by atoms with Gasteiger partial charge in [-0.3, -0.25) is 9.10 Å². The second-order valence-electron chi connectivity index (χ2n) is 7.70. The number of anilines is 1. The number of rotatable bonds is 6. The third-order valence-corrected chi connectivity index (χ3v) is 7.69. The summed E-state index contributed by atoms with van der Waals surface area (Å²) in [6.07, 6.45) is 2.58. The molecule has 162 valence electrons. The van der Waals surface area contributed by atoms with Gasteiger partial charge in [0.05, 0.1) is 27.8 Å². The number of nitrogens with zero attached hydrogens (tertiary/aromatic N) is 2. The Balaban J connectivity index is 1.95. The van der Waals surface area contributed by atoms with Crippen LogP contribution >= 0.6 is 11.6 Å². The van der Waals surface area contributed by atoms with Gasteiger partial charge >= 0.3 is 0 Å². The highest BCUT2D eigenvalue weighted by molar-refractivity contribution is 7.92. The molecule has 1 N–H and O–H groups in total. The molecule has 0 heterocycles. The predicted octanol–water partition coefficient (Wildman–Crippen LogP) is 3.61. The Morgan fingerprint density at radius 1 is 1.10 bits per heavy atom. The maximum atomic E-state index is 13.4. The van der Waals surface area contributed by atoms with E-state index in [2.05, 4.69) is 0 Å². The molecular weight excluding hydrogens is 424 g/mol. The third kappa shape index (κ3) is 4.79. The molecule has 0 bridgehead atoms. The molecule has 0 saturated heterocycles. The topological polar surface area (TPSA) is 77.9 Å². The normalized spacial score (nSPS) is 19.3. The Bertz CT molecular complexity index is 994. The van der Waals surface area contributed by atoms with Gasteiger partial charge in [-0.05, 0) is 44.0 Å². The number of carbonyl (C=O) groups is 1. The molecule has 1 saturated carbocycles. The van der Waals surface area contributed by atoms with Crippen molar-refractivity contribution in [2.45, 2.75) is 49.6 Å². The molecule has 1 fully saturated rings. The SMILES string of the molecule is Cc1ccc(S(=O)(=O)N(CC(=O)N(C)C2CCCCC2O)c2ccccc2Cl)cc1. The minimum Gasteiger partial charge on any atom is -0.391 e. The summed E-state index contributed by atoms with van der Waals surface area (Å²) in [5.74, 6) is -0.392. The van der Waals surface area contributed by atoms with Gasteiger partial charge in [0.25, 0.3) is 10.0 Å². The minimum absolute atomic E-state index is 0.0844. The molecule has 3 rings (SSSR count). The van der Waals surface area contributed by atoms with E-state index in [4.69, 9.17) is 11.6 Å². The molecule has 0 aromatic heterocycles. The van der Waals surface area contributed by atoms with Crippen molar-refractivity contribution in [1.29, 1.82) is 0 Å². The second kappa shape index (κ2) is 9.37. The summed E-state index contributed by atoms with van der Waals surface area (Å²) in [4.78, 5) is 14.6. The number of hydrogen-bond donors (Lipinski definition) is 1. The zero-order valence-corrected chi connectivity index (χ0v) is 18.7. The Labute approximate surface area is 183 Å². The van der Waals surface area contributed by atoms with Crippen LogP contribution in [0.4, 0.5) is 5.69 Å². The van der Waals surface area contributed by atoms with Crippen LogP contribution in [0.2, 0.25) is 5.02 Å². The lowest BCUT2D eigenvalue weighted by atomic mass is 9.91. The maximum Gasteiger partial charge on any atom is 0.264 e. The van der Waals surface area contributed by atoms with Gasteiger partial charge in [0.15, 0.2) is 0 Å². The fourth-order valence-corrected chi connectivity index (χ4v) is 5.47. The molecule has 30 heavy (non-hydrogen) atoms. The van der Waals surface area contributed by atoms with Crippen molar-refractivity contribution in [2.24, 2.45) is 0 Å². The van der Waals surface area contributed by atoms with Crippen LogP contribution in [0.15, 0.2) is 53.4 Å². The Hall–Kier alpha value is -2.09. The number of carbonyl (C=O) groups excluding carboxylic acids is 1. The first kappa shape index (κ1) is 22.6. The maximum absolute atomic E-state index is 13.4. The van der Waals surface area contributed by atoms with Crippen molar-refractivity contribution in [2.75, 3.05) is 17.9 Å². The van der Waals surface area contributed by atoms with Gasteiger partial charge < -0.3 is 10.0 Å². The van der Waals surface area contributed by atoms with Crippen molar-refractivity contribution in [1.82, 2.24) is 4.90 Å². The second-order valence-corrected chi connectivity index (χ2v) is 9.97. The quantitative estimate of drug-likeness (QED) is 0.729. The number of sulfonamides is 1. The molecule has 8 heteroatoms. The minimum atomic E-state index is -4.03. The Kier molecular flexibility index (Phi) is 7.06. The fourth-order valence-electron chi connectivity index (χ4n) is 3.75. The van der Waals surface area contributed by atoms with Crippen LogP contribution in [-0.2, 0) is 14.8 Å². The van der Waals surface area contributed by atoms with E-state index in [1.165, 1.54) is 17.0 Å². The standard InChI is InChI=1S/C22H27ClN2O4S/c1-16-11-13-17(14-12-16)30(28,29)25(19-8-4-3-7-18(19)23)15-22(27)24(2)20-9-5-6-10-21(20)26/h3-4,7-8,11-14,20-21,26H,5-6,9-10,15H2,1-2H3. The lowest BCUT2D eigenvalue weighted by Crippen LogP contribution is -2.50. The van der Waals surface area contributed by atoms with Crippen LogP contribution in [0.3, 0.4) is 0 Å². The van der Waals surface area contributed by atoms with Crippen LogP contribution in [0.1, 0.15) is 31.2 Å². The molecule has 6 nitrogen and oxygen atoms in total. The summed E-state index contributed by atoms with van der Waals surface area (Å²) in [6, 6.07) is 12.7. The number of aliphatic hydroxyl groups is 1. The van der Waals surface area contributed by atoms with Gasteiger partial charge in [-0.2, -0.15) is 0 Å². The van der Waals surface area contributed by atoms with Crippen molar-refractivity contribution in [3.05, 3.63) is 59.1 Å². The first-order chi connectivity index (χ1) is 14.2. The first-order valence-corrected chi connectivity index (χ1v) is 11.8. The first-order valence-electron chi connectivity index (χ1n) is 9.99. The molecule has 0 spiro atoms. The lowest BCUT2D eigenvalue weighted by molar-refractivity contribution is -0.133. The number of hydrogen-bond acceptors (Lipinski definition) is 4. The van der Waals surface area contributed by atoms with E-state index in [0.717, 1.165) is 22.7 Å². The zero-order chi connectivity index (χ0) is 21.9. The number of para-hydroxylation sites is 1. The molecule has 1 aliphatic carbocycles. The highest BCUT2D eigenvalue weighted by Crippen LogP contribution is 2.31. The lowest BCUT2D eigenvalue weighted by Gasteiger charge is -2.36. The monoisotopic (exact) mass is 450 g/mol. The van der Waals surface area contributed by atoms with Crippen LogP contribution < -0.4 is 4.31 Å². The predicted molar refractivity (Wildman–Crippen MR) is 118 cm³/mol. The summed E-state index contributed by atoms with van der Waals surface area (Å²) < 4.78 is 27.9. The van der Waals surface area contributed by atoms with Crippen molar-refractivity contribution in [3.8, 4) is 0 Å². The van der Waals surface area contributed by atoms with Gasteiger partial charge in [0.1, 0.15) is 6.54 Å². The number of likely N-dealkylation sites (N-methyl/N-ethyl adjacent to an activating group) is 1. The summed E-state index contributed by atoms with van der Waals surface area (Å²) >= 11 is 6.30. The van der Waals surface area contributed by atoms with E-state index < -0.39 is 28.6 Å². The van der Waals surface area contributed by atoms with Crippen LogP contribution in [0.5, 0.6) is 0 Å². The van der Waals surface area contributed by atoms with Crippen LogP contribution in [-0.4, -0.2) is 50.1 Å². The van der Waals surface area contributed by atoms with E-state index >= 15 is 0 Å². The summed E-state index contributed by atoms with van der Waals surface area (Å²) in [6.45, 7) is 1.47. The van der Waals surface area contributed by atoms with Crippen molar-refractivity contribution in [3.63, 3.8) is 0 Å². The summed E-state index contributed by atoms with van der Waals surface area (Å²) in [5.41, 5.74) is 1.17. The number of amides is 1. The molecule has 2 atom stereocenters. The Morgan fingerprint density at radius 2 is 1.73 bits per heavy atom. The van der Waals surface area contributed by atoms with Gasteiger partial charge in [0.2, 0.25) is 5.91 Å². The number of halogens is 1. The van der Waals surface area contributed by atoms with Crippen LogP contribution in [0, 0.1) is 6.92 Å². The van der Waals surface area contributed by atoms with Gasteiger partial charge in [0, 0.05) is 7.05 Å².